The second kappa shape index (κ2) is 13.6. The van der Waals surface area contributed by atoms with Gasteiger partial charge in [-0.15, -0.1) is 0 Å². The van der Waals surface area contributed by atoms with Gasteiger partial charge < -0.3 is 10.1 Å². The second-order valence-corrected chi connectivity index (χ2v) is 9.50. The van der Waals surface area contributed by atoms with Crippen molar-refractivity contribution in [2.45, 2.75) is 56.4 Å². The fourth-order valence-electron chi connectivity index (χ4n) is 2.64. The number of hydrogen-bond acceptors (Lipinski definition) is 6. The molecule has 0 aliphatic rings. The van der Waals surface area contributed by atoms with E-state index in [1.54, 1.807) is 23.9 Å². The van der Waals surface area contributed by atoms with Gasteiger partial charge in [-0.1, -0.05) is 30.5 Å². The first-order chi connectivity index (χ1) is 13.8. The number of hydrogen-bond donors (Lipinski definition) is 2. The molecule has 1 aromatic rings. The third kappa shape index (κ3) is 10.1. The molecule has 0 saturated carbocycles. The summed E-state index contributed by atoms with van der Waals surface area (Å²) in [5, 5.41) is 2.82. The van der Waals surface area contributed by atoms with E-state index in [0.717, 1.165) is 31.2 Å². The third-order valence-corrected chi connectivity index (χ3v) is 6.52. The summed E-state index contributed by atoms with van der Waals surface area (Å²) in [6.45, 7) is 2.35. The molecule has 0 unspecified atom stereocenters. The number of sulfonamides is 1. The van der Waals surface area contributed by atoms with Crippen LogP contribution in [0, 0.1) is 6.92 Å². The molecule has 7 nitrogen and oxygen atoms in total. The standard InChI is InChI=1S/C20H32N2O5S2/c1-16-9-11-17(12-10-16)29(25,26)22-18(13-15-28-3)20(24)21-14-7-5-4-6-8-19(23)27-2/h9-12,18,22H,4-8,13-15H2,1-3H3,(H,21,24)/t18-/m0/s1. The van der Waals surface area contributed by atoms with E-state index in [-0.39, 0.29) is 16.8 Å². The van der Waals surface area contributed by atoms with Gasteiger partial charge in [-0.25, -0.2) is 8.42 Å². The van der Waals surface area contributed by atoms with Gasteiger partial charge in [0.1, 0.15) is 6.04 Å². The Morgan fingerprint density at radius 1 is 1.10 bits per heavy atom. The van der Waals surface area contributed by atoms with Gasteiger partial charge >= 0.3 is 5.97 Å². The largest absolute Gasteiger partial charge is 0.469 e. The van der Waals surface area contributed by atoms with Gasteiger partial charge in [0.15, 0.2) is 0 Å². The van der Waals surface area contributed by atoms with Crippen LogP contribution in [0.15, 0.2) is 29.2 Å². The predicted molar refractivity (Wildman–Crippen MR) is 116 cm³/mol. The quantitative estimate of drug-likeness (QED) is 0.338. The Morgan fingerprint density at radius 3 is 2.38 bits per heavy atom. The van der Waals surface area contributed by atoms with Crippen LogP contribution in [0.4, 0.5) is 0 Å². The number of aryl methyl sites for hydroxylation is 1. The van der Waals surface area contributed by atoms with Crippen molar-refractivity contribution in [3.8, 4) is 0 Å². The summed E-state index contributed by atoms with van der Waals surface area (Å²) in [7, 11) is -2.40. The number of rotatable bonds is 14. The highest BCUT2D eigenvalue weighted by atomic mass is 32.2. The lowest BCUT2D eigenvalue weighted by Gasteiger charge is -2.18. The Hall–Kier alpha value is -1.58. The lowest BCUT2D eigenvalue weighted by Crippen LogP contribution is -2.47. The van der Waals surface area contributed by atoms with Crippen molar-refractivity contribution in [3.63, 3.8) is 0 Å². The Bertz CT molecular complexity index is 736. The first kappa shape index (κ1) is 25.5. The molecule has 0 aliphatic carbocycles. The van der Waals surface area contributed by atoms with Crippen LogP contribution in [0.3, 0.4) is 0 Å². The molecule has 0 aliphatic heterocycles. The number of esters is 1. The average molecular weight is 445 g/mol. The van der Waals surface area contributed by atoms with Gasteiger partial charge in [0.05, 0.1) is 12.0 Å². The lowest BCUT2D eigenvalue weighted by atomic mass is 10.1. The zero-order valence-corrected chi connectivity index (χ0v) is 19.0. The fraction of sp³-hybridized carbons (Fsp3) is 0.600. The van der Waals surface area contributed by atoms with Crippen LogP contribution in [0.2, 0.25) is 0 Å². The fourth-order valence-corrected chi connectivity index (χ4v) is 4.34. The summed E-state index contributed by atoms with van der Waals surface area (Å²) in [5.74, 6) is 0.141. The van der Waals surface area contributed by atoms with Crippen molar-refractivity contribution in [1.29, 1.82) is 0 Å². The summed E-state index contributed by atoms with van der Waals surface area (Å²) in [6.07, 6.45) is 6.01. The van der Waals surface area contributed by atoms with Crippen LogP contribution in [0.25, 0.3) is 0 Å². The van der Waals surface area contributed by atoms with E-state index in [0.29, 0.717) is 25.1 Å². The Labute approximate surface area is 178 Å². The number of unbranched alkanes of at least 4 members (excludes halogenated alkanes) is 3. The first-order valence-electron chi connectivity index (χ1n) is 9.72. The van der Waals surface area contributed by atoms with E-state index >= 15 is 0 Å². The highest BCUT2D eigenvalue weighted by Gasteiger charge is 2.25. The van der Waals surface area contributed by atoms with E-state index in [1.807, 2.05) is 13.2 Å². The molecule has 1 atom stereocenters. The van der Waals surface area contributed by atoms with Gasteiger partial charge in [0, 0.05) is 13.0 Å². The summed E-state index contributed by atoms with van der Waals surface area (Å²) in [6, 6.07) is 5.72. The minimum atomic E-state index is -3.77. The number of nitrogens with one attached hydrogen (secondary N) is 2. The van der Waals surface area contributed by atoms with Crippen molar-refractivity contribution in [1.82, 2.24) is 10.0 Å². The molecular formula is C20H32N2O5S2. The predicted octanol–water partition coefficient (Wildman–Crippen LogP) is 2.63. The summed E-state index contributed by atoms with van der Waals surface area (Å²) >= 11 is 1.56. The van der Waals surface area contributed by atoms with Crippen molar-refractivity contribution in [2.24, 2.45) is 0 Å². The van der Waals surface area contributed by atoms with Gasteiger partial charge in [-0.2, -0.15) is 16.5 Å². The Morgan fingerprint density at radius 2 is 1.76 bits per heavy atom. The topological polar surface area (TPSA) is 102 Å². The molecule has 1 rings (SSSR count). The van der Waals surface area contributed by atoms with E-state index in [2.05, 4.69) is 14.8 Å². The van der Waals surface area contributed by atoms with Gasteiger partial charge in [0.2, 0.25) is 15.9 Å². The minimum absolute atomic E-state index is 0.149. The van der Waals surface area contributed by atoms with Crippen molar-refractivity contribution in [3.05, 3.63) is 29.8 Å². The summed E-state index contributed by atoms with van der Waals surface area (Å²) in [4.78, 5) is 23.7. The number of carbonyl (C=O) groups is 2. The minimum Gasteiger partial charge on any atom is -0.469 e. The number of amides is 1. The smallest absolute Gasteiger partial charge is 0.305 e. The first-order valence-corrected chi connectivity index (χ1v) is 12.6. The SMILES string of the molecule is COC(=O)CCCCCCNC(=O)[C@H](CCSC)NS(=O)(=O)c1ccc(C)cc1. The maximum Gasteiger partial charge on any atom is 0.305 e. The van der Waals surface area contributed by atoms with Crippen LogP contribution < -0.4 is 10.0 Å². The van der Waals surface area contributed by atoms with Crippen molar-refractivity contribution >= 4 is 33.7 Å². The zero-order valence-electron chi connectivity index (χ0n) is 17.4. The molecule has 1 aromatic carbocycles. The molecule has 0 fully saturated rings. The van der Waals surface area contributed by atoms with Crippen LogP contribution in [-0.2, 0) is 24.3 Å². The van der Waals surface area contributed by atoms with E-state index in [1.165, 1.54) is 19.2 Å². The molecular weight excluding hydrogens is 412 g/mol. The highest BCUT2D eigenvalue weighted by molar-refractivity contribution is 7.98. The number of ether oxygens (including phenoxy) is 1. The molecule has 164 valence electrons. The molecule has 1 amide bonds. The molecule has 0 heterocycles. The molecule has 0 bridgehead atoms. The zero-order chi connectivity index (χ0) is 21.7. The molecule has 0 aromatic heterocycles. The van der Waals surface area contributed by atoms with E-state index < -0.39 is 16.1 Å². The van der Waals surface area contributed by atoms with Gasteiger partial charge in [-0.05, 0) is 50.3 Å². The molecule has 0 spiro atoms. The lowest BCUT2D eigenvalue weighted by molar-refractivity contribution is -0.140. The van der Waals surface area contributed by atoms with E-state index in [9.17, 15) is 18.0 Å². The second-order valence-electron chi connectivity index (χ2n) is 6.80. The maximum atomic E-state index is 12.6. The van der Waals surface area contributed by atoms with Crippen molar-refractivity contribution in [2.75, 3.05) is 25.7 Å². The summed E-state index contributed by atoms with van der Waals surface area (Å²) in [5.41, 5.74) is 0.965. The number of methoxy groups -OCH3 is 1. The van der Waals surface area contributed by atoms with Crippen LogP contribution in [0.5, 0.6) is 0 Å². The number of carbonyl (C=O) groups excluding carboxylic acids is 2. The highest BCUT2D eigenvalue weighted by Crippen LogP contribution is 2.12. The Kier molecular flexibility index (Phi) is 11.9. The van der Waals surface area contributed by atoms with E-state index in [4.69, 9.17) is 0 Å². The average Bonchev–Trinajstić information content (AvgIpc) is 2.70. The molecule has 0 radical (unpaired) electrons. The monoisotopic (exact) mass is 444 g/mol. The molecule has 2 N–H and O–H groups in total. The molecule has 0 saturated heterocycles. The number of benzene rings is 1. The number of thioether (sulfide) groups is 1. The third-order valence-electron chi connectivity index (χ3n) is 4.39. The normalized spacial score (nSPS) is 12.4. The summed E-state index contributed by atoms with van der Waals surface area (Å²) < 4.78 is 32.4. The van der Waals surface area contributed by atoms with Crippen LogP contribution >= 0.6 is 11.8 Å². The van der Waals surface area contributed by atoms with Crippen molar-refractivity contribution < 1.29 is 22.7 Å². The molecule has 9 heteroatoms. The Balaban J connectivity index is 2.51. The van der Waals surface area contributed by atoms with Gasteiger partial charge in [-0.3, -0.25) is 9.59 Å². The van der Waals surface area contributed by atoms with Gasteiger partial charge in [0.25, 0.3) is 0 Å². The van der Waals surface area contributed by atoms with Crippen LogP contribution in [-0.4, -0.2) is 52.0 Å². The van der Waals surface area contributed by atoms with Crippen LogP contribution in [0.1, 0.15) is 44.1 Å². The molecule has 29 heavy (non-hydrogen) atoms. The maximum absolute atomic E-state index is 12.6.